The molecule has 1 rings (SSSR count). The van der Waals surface area contributed by atoms with Crippen molar-refractivity contribution in [3.05, 3.63) is 46.1 Å². The van der Waals surface area contributed by atoms with Gasteiger partial charge in [0.15, 0.2) is 0 Å². The molecule has 0 aliphatic rings. The van der Waals surface area contributed by atoms with Crippen LogP contribution in [0.5, 0.6) is 0 Å². The van der Waals surface area contributed by atoms with E-state index in [1.165, 1.54) is 12.1 Å². The highest BCUT2D eigenvalue weighted by Gasteiger charge is 2.06. The highest BCUT2D eigenvalue weighted by Crippen LogP contribution is 2.18. The number of allylic oxidation sites excluding steroid dienone is 1. The standard InChI is InChI=1S/C11H11N3O2/c1-13(2)8-10(7-12)9-3-5-11(6-4-9)14(15)16/h3-6,8H,1-2H3/b10-8-. The van der Waals surface area contributed by atoms with Gasteiger partial charge in [-0.15, -0.1) is 0 Å². The summed E-state index contributed by atoms with van der Waals surface area (Å²) in [4.78, 5) is 11.7. The topological polar surface area (TPSA) is 70.2 Å². The molecule has 0 fully saturated rings. The Morgan fingerprint density at radius 3 is 2.38 bits per heavy atom. The molecule has 0 unspecified atom stereocenters. The fourth-order valence-electron chi connectivity index (χ4n) is 1.19. The van der Waals surface area contributed by atoms with Gasteiger partial charge >= 0.3 is 0 Å². The minimum atomic E-state index is -0.467. The second kappa shape index (κ2) is 4.94. The summed E-state index contributed by atoms with van der Waals surface area (Å²) in [5.74, 6) is 0. The molecule has 5 heteroatoms. The summed E-state index contributed by atoms with van der Waals surface area (Å²) in [7, 11) is 3.62. The third-order valence-corrected chi connectivity index (χ3v) is 1.90. The van der Waals surface area contributed by atoms with Crippen LogP contribution in [-0.2, 0) is 0 Å². The smallest absolute Gasteiger partial charge is 0.269 e. The number of nitriles is 1. The molecule has 0 saturated carbocycles. The van der Waals surface area contributed by atoms with E-state index < -0.39 is 4.92 Å². The van der Waals surface area contributed by atoms with Crippen molar-refractivity contribution in [1.82, 2.24) is 4.90 Å². The van der Waals surface area contributed by atoms with Crippen LogP contribution in [0.25, 0.3) is 5.57 Å². The molecule has 5 nitrogen and oxygen atoms in total. The number of nitro benzene ring substituents is 1. The summed E-state index contributed by atoms with van der Waals surface area (Å²) in [5, 5.41) is 19.4. The van der Waals surface area contributed by atoms with Crippen molar-refractivity contribution >= 4 is 11.3 Å². The zero-order valence-corrected chi connectivity index (χ0v) is 9.04. The third-order valence-electron chi connectivity index (χ3n) is 1.90. The predicted molar refractivity (Wildman–Crippen MR) is 60.4 cm³/mol. The van der Waals surface area contributed by atoms with Gasteiger partial charge in [-0.3, -0.25) is 10.1 Å². The average Bonchev–Trinajstić information content (AvgIpc) is 2.25. The van der Waals surface area contributed by atoms with E-state index in [9.17, 15) is 10.1 Å². The second-order valence-corrected chi connectivity index (χ2v) is 3.42. The Labute approximate surface area is 93.4 Å². The van der Waals surface area contributed by atoms with E-state index >= 15 is 0 Å². The number of nitro groups is 1. The number of nitrogens with zero attached hydrogens (tertiary/aromatic N) is 3. The fourth-order valence-corrected chi connectivity index (χ4v) is 1.19. The molecule has 0 atom stereocenters. The van der Waals surface area contributed by atoms with Crippen LogP contribution in [0.2, 0.25) is 0 Å². The Morgan fingerprint density at radius 1 is 1.44 bits per heavy atom. The lowest BCUT2D eigenvalue weighted by Gasteiger charge is -2.06. The maximum absolute atomic E-state index is 10.4. The zero-order valence-electron chi connectivity index (χ0n) is 9.04. The van der Waals surface area contributed by atoms with E-state index in [4.69, 9.17) is 5.26 Å². The number of benzene rings is 1. The molecule has 0 spiro atoms. The van der Waals surface area contributed by atoms with Crippen LogP contribution in [0.4, 0.5) is 5.69 Å². The maximum atomic E-state index is 10.4. The summed E-state index contributed by atoms with van der Waals surface area (Å²) in [6.45, 7) is 0. The Balaban J connectivity index is 3.06. The summed E-state index contributed by atoms with van der Waals surface area (Å²) in [5.41, 5.74) is 1.16. The molecule has 0 N–H and O–H groups in total. The Kier molecular flexibility index (Phi) is 3.62. The molecular formula is C11H11N3O2. The third kappa shape index (κ3) is 2.82. The molecule has 0 radical (unpaired) electrons. The van der Waals surface area contributed by atoms with E-state index in [2.05, 4.69) is 0 Å². The van der Waals surface area contributed by atoms with Gasteiger partial charge < -0.3 is 4.90 Å². The predicted octanol–water partition coefficient (Wildman–Crippen LogP) is 2.02. The van der Waals surface area contributed by atoms with E-state index in [1.54, 1.807) is 23.2 Å². The van der Waals surface area contributed by atoms with E-state index in [-0.39, 0.29) is 5.69 Å². The average molecular weight is 217 g/mol. The van der Waals surface area contributed by atoms with Crippen LogP contribution >= 0.6 is 0 Å². The van der Waals surface area contributed by atoms with Crippen LogP contribution in [0.1, 0.15) is 5.56 Å². The first kappa shape index (κ1) is 11.7. The normalized spacial score (nSPS) is 10.7. The van der Waals surface area contributed by atoms with Gasteiger partial charge in [0.2, 0.25) is 0 Å². The number of hydrogen-bond acceptors (Lipinski definition) is 4. The van der Waals surface area contributed by atoms with Crippen molar-refractivity contribution in [2.45, 2.75) is 0 Å². The largest absolute Gasteiger partial charge is 0.382 e. The molecule has 82 valence electrons. The highest BCUT2D eigenvalue weighted by molar-refractivity contribution is 5.76. The van der Waals surface area contributed by atoms with Gasteiger partial charge in [0, 0.05) is 32.4 Å². The summed E-state index contributed by atoms with van der Waals surface area (Å²) in [6.07, 6.45) is 1.67. The van der Waals surface area contributed by atoms with Gasteiger partial charge in [0.05, 0.1) is 10.5 Å². The minimum absolute atomic E-state index is 0.0193. The molecule has 0 aliphatic carbocycles. The molecule has 0 amide bonds. The molecular weight excluding hydrogens is 206 g/mol. The molecule has 0 aromatic heterocycles. The molecule has 16 heavy (non-hydrogen) atoms. The van der Waals surface area contributed by atoms with Gasteiger partial charge in [0.25, 0.3) is 5.69 Å². The Bertz CT molecular complexity index is 455. The summed E-state index contributed by atoms with van der Waals surface area (Å²) in [6, 6.07) is 7.95. The van der Waals surface area contributed by atoms with E-state index in [1.807, 2.05) is 20.2 Å². The van der Waals surface area contributed by atoms with Crippen LogP contribution in [0.15, 0.2) is 30.5 Å². The number of rotatable bonds is 3. The molecule has 1 aromatic carbocycles. The van der Waals surface area contributed by atoms with Crippen LogP contribution in [0, 0.1) is 21.4 Å². The van der Waals surface area contributed by atoms with Gasteiger partial charge in [0.1, 0.15) is 6.07 Å². The fraction of sp³-hybridized carbons (Fsp3) is 0.182. The van der Waals surface area contributed by atoms with Crippen LogP contribution < -0.4 is 0 Å². The molecule has 0 heterocycles. The lowest BCUT2D eigenvalue weighted by atomic mass is 10.1. The van der Waals surface area contributed by atoms with Crippen LogP contribution in [-0.4, -0.2) is 23.9 Å². The second-order valence-electron chi connectivity index (χ2n) is 3.42. The van der Waals surface area contributed by atoms with Gasteiger partial charge in [-0.1, -0.05) is 0 Å². The maximum Gasteiger partial charge on any atom is 0.269 e. The lowest BCUT2D eigenvalue weighted by Crippen LogP contribution is -2.02. The lowest BCUT2D eigenvalue weighted by molar-refractivity contribution is -0.384. The van der Waals surface area contributed by atoms with Crippen LogP contribution in [0.3, 0.4) is 0 Å². The van der Waals surface area contributed by atoms with Crippen molar-refractivity contribution in [3.8, 4) is 6.07 Å². The first-order chi connectivity index (χ1) is 7.54. The van der Waals surface area contributed by atoms with Gasteiger partial charge in [-0.05, 0) is 17.7 Å². The van der Waals surface area contributed by atoms with E-state index in [0.717, 1.165) is 0 Å². The highest BCUT2D eigenvalue weighted by atomic mass is 16.6. The van der Waals surface area contributed by atoms with Gasteiger partial charge in [-0.25, -0.2) is 0 Å². The van der Waals surface area contributed by atoms with E-state index in [0.29, 0.717) is 11.1 Å². The van der Waals surface area contributed by atoms with Crippen molar-refractivity contribution in [3.63, 3.8) is 0 Å². The number of non-ortho nitro benzene ring substituents is 1. The minimum Gasteiger partial charge on any atom is -0.382 e. The summed E-state index contributed by atoms with van der Waals surface area (Å²) >= 11 is 0. The summed E-state index contributed by atoms with van der Waals surface area (Å²) < 4.78 is 0. The van der Waals surface area contributed by atoms with Crippen molar-refractivity contribution < 1.29 is 4.92 Å². The van der Waals surface area contributed by atoms with Crippen molar-refractivity contribution in [2.24, 2.45) is 0 Å². The molecule has 0 bridgehead atoms. The quantitative estimate of drug-likeness (QED) is 0.441. The van der Waals surface area contributed by atoms with Gasteiger partial charge in [-0.2, -0.15) is 5.26 Å². The Morgan fingerprint density at radius 2 is 2.00 bits per heavy atom. The molecule has 0 aliphatic heterocycles. The van der Waals surface area contributed by atoms with Crippen molar-refractivity contribution in [2.75, 3.05) is 14.1 Å². The molecule has 0 saturated heterocycles. The number of hydrogen-bond donors (Lipinski definition) is 0. The Hall–Kier alpha value is -2.35. The first-order valence-electron chi connectivity index (χ1n) is 4.58. The monoisotopic (exact) mass is 217 g/mol. The van der Waals surface area contributed by atoms with Crippen molar-refractivity contribution in [1.29, 1.82) is 5.26 Å². The SMILES string of the molecule is CN(C)/C=C(/C#N)c1ccc([N+](=O)[O-])cc1. The zero-order chi connectivity index (χ0) is 12.1. The molecule has 1 aromatic rings. The first-order valence-corrected chi connectivity index (χ1v) is 4.58.